The highest BCUT2D eigenvalue weighted by molar-refractivity contribution is 5.78. The molecule has 80 valence electrons. The van der Waals surface area contributed by atoms with Crippen LogP contribution in [-0.2, 0) is 4.79 Å². The fraction of sp³-hybridized carbons (Fsp3) is 0.444. The number of hydrogen-bond acceptors (Lipinski definition) is 5. The molecule has 0 aromatic carbocycles. The maximum Gasteiger partial charge on any atom is 0.220 e. The molecule has 4 N–H and O–H groups in total. The summed E-state index contributed by atoms with van der Waals surface area (Å²) in [5, 5.41) is 5.95. The summed E-state index contributed by atoms with van der Waals surface area (Å²) < 4.78 is 0. The zero-order chi connectivity index (χ0) is 10.7. The van der Waals surface area contributed by atoms with Gasteiger partial charge in [-0.25, -0.2) is 9.97 Å². The van der Waals surface area contributed by atoms with Crippen LogP contribution in [0.25, 0.3) is 0 Å². The molecule has 0 saturated carbocycles. The smallest absolute Gasteiger partial charge is 0.220 e. The molecule has 1 atom stereocenters. The van der Waals surface area contributed by atoms with Crippen LogP contribution >= 0.6 is 0 Å². The summed E-state index contributed by atoms with van der Waals surface area (Å²) in [5.41, 5.74) is 5.40. The van der Waals surface area contributed by atoms with Gasteiger partial charge >= 0.3 is 0 Å². The van der Waals surface area contributed by atoms with Crippen LogP contribution in [0.15, 0.2) is 12.4 Å². The number of nitrogen functional groups attached to an aromatic ring is 1. The molecule has 6 heteroatoms. The zero-order valence-electron chi connectivity index (χ0n) is 8.23. The Morgan fingerprint density at radius 1 is 1.53 bits per heavy atom. The van der Waals surface area contributed by atoms with Crippen LogP contribution in [0.5, 0.6) is 0 Å². The lowest BCUT2D eigenvalue weighted by Gasteiger charge is -2.11. The van der Waals surface area contributed by atoms with E-state index in [0.717, 1.165) is 6.42 Å². The first kappa shape index (κ1) is 9.70. The van der Waals surface area contributed by atoms with E-state index in [1.165, 1.54) is 6.20 Å². The summed E-state index contributed by atoms with van der Waals surface area (Å²) in [6, 6.07) is 0.192. The molecule has 1 aliphatic heterocycles. The lowest BCUT2D eigenvalue weighted by Crippen LogP contribution is -2.32. The number of carbonyl (C=O) groups excluding carboxylic acids is 1. The second-order valence-corrected chi connectivity index (χ2v) is 3.51. The number of carbonyl (C=O) groups is 1. The molecule has 6 nitrogen and oxygen atoms in total. The number of nitrogens with one attached hydrogen (secondary N) is 2. The molecular formula is C9H13N5O. The van der Waals surface area contributed by atoms with Crippen molar-refractivity contribution in [2.75, 3.05) is 17.6 Å². The van der Waals surface area contributed by atoms with Gasteiger partial charge in [0.05, 0.1) is 12.4 Å². The maximum absolute atomic E-state index is 10.9. The molecule has 2 rings (SSSR count). The number of nitrogens with zero attached hydrogens (tertiary/aromatic N) is 2. The van der Waals surface area contributed by atoms with Gasteiger partial charge in [0.2, 0.25) is 5.91 Å². The summed E-state index contributed by atoms with van der Waals surface area (Å²) in [4.78, 5) is 18.9. The monoisotopic (exact) mass is 207 g/mol. The Hall–Kier alpha value is -1.85. The van der Waals surface area contributed by atoms with Crippen LogP contribution < -0.4 is 16.4 Å². The molecule has 1 aromatic rings. The lowest BCUT2D eigenvalue weighted by molar-refractivity contribution is -0.119. The predicted molar refractivity (Wildman–Crippen MR) is 56.1 cm³/mol. The van der Waals surface area contributed by atoms with Gasteiger partial charge in [-0.1, -0.05) is 0 Å². The third-order valence-electron chi connectivity index (χ3n) is 2.29. The second kappa shape index (κ2) is 4.12. The van der Waals surface area contributed by atoms with E-state index in [-0.39, 0.29) is 11.9 Å². The summed E-state index contributed by atoms with van der Waals surface area (Å²) >= 11 is 0. The summed E-state index contributed by atoms with van der Waals surface area (Å²) in [5.74, 6) is 1.19. The highest BCUT2D eigenvalue weighted by Crippen LogP contribution is 2.08. The van der Waals surface area contributed by atoms with Gasteiger partial charge in [0.25, 0.3) is 0 Å². The van der Waals surface area contributed by atoms with E-state index in [9.17, 15) is 4.79 Å². The van der Waals surface area contributed by atoms with Crippen molar-refractivity contribution in [3.05, 3.63) is 12.4 Å². The van der Waals surface area contributed by atoms with Crippen molar-refractivity contribution >= 4 is 17.5 Å². The Balaban J connectivity index is 1.83. The van der Waals surface area contributed by atoms with E-state index in [1.807, 2.05) is 0 Å². The van der Waals surface area contributed by atoms with E-state index in [4.69, 9.17) is 5.73 Å². The molecule has 1 saturated heterocycles. The fourth-order valence-corrected chi connectivity index (χ4v) is 1.49. The van der Waals surface area contributed by atoms with Gasteiger partial charge in [-0.3, -0.25) is 4.79 Å². The maximum atomic E-state index is 10.9. The van der Waals surface area contributed by atoms with Gasteiger partial charge in [-0.2, -0.15) is 0 Å². The molecule has 1 aromatic heterocycles. The van der Waals surface area contributed by atoms with Crippen LogP contribution in [0.2, 0.25) is 0 Å². The van der Waals surface area contributed by atoms with Gasteiger partial charge in [0.1, 0.15) is 11.6 Å². The van der Waals surface area contributed by atoms with Crippen LogP contribution in [0.1, 0.15) is 12.8 Å². The molecule has 1 aliphatic rings. The van der Waals surface area contributed by atoms with Crippen molar-refractivity contribution in [3.63, 3.8) is 0 Å². The Kier molecular flexibility index (Phi) is 2.66. The van der Waals surface area contributed by atoms with Crippen molar-refractivity contribution in [2.45, 2.75) is 18.9 Å². The molecule has 1 amide bonds. The summed E-state index contributed by atoms with van der Waals surface area (Å²) in [6.07, 6.45) is 4.55. The van der Waals surface area contributed by atoms with Crippen LogP contribution in [-0.4, -0.2) is 28.5 Å². The molecule has 0 bridgehead atoms. The predicted octanol–water partition coefficient (Wildman–Crippen LogP) is -0.251. The number of amides is 1. The van der Waals surface area contributed by atoms with Crippen molar-refractivity contribution in [1.29, 1.82) is 0 Å². The zero-order valence-corrected chi connectivity index (χ0v) is 8.23. The fourth-order valence-electron chi connectivity index (χ4n) is 1.49. The number of anilines is 2. The van der Waals surface area contributed by atoms with E-state index in [0.29, 0.717) is 24.6 Å². The average Bonchev–Trinajstić information content (AvgIpc) is 2.64. The van der Waals surface area contributed by atoms with Crippen LogP contribution in [0.4, 0.5) is 11.6 Å². The number of rotatable bonds is 3. The van der Waals surface area contributed by atoms with Gasteiger partial charge < -0.3 is 16.4 Å². The first-order valence-corrected chi connectivity index (χ1v) is 4.85. The minimum atomic E-state index is 0.116. The Bertz CT molecular complexity index is 350. The highest BCUT2D eigenvalue weighted by atomic mass is 16.1. The topological polar surface area (TPSA) is 92.9 Å². The molecule has 2 heterocycles. The standard InChI is InChI=1S/C9H13N5O/c10-7-4-13-8(5-11-7)12-3-6-1-2-9(15)14-6/h4-6H,1-3H2,(H2,10,11)(H,12,13)(H,14,15). The van der Waals surface area contributed by atoms with Gasteiger partial charge in [0, 0.05) is 19.0 Å². The second-order valence-electron chi connectivity index (χ2n) is 3.51. The van der Waals surface area contributed by atoms with Crippen LogP contribution in [0, 0.1) is 0 Å². The number of hydrogen-bond donors (Lipinski definition) is 3. The van der Waals surface area contributed by atoms with Crippen molar-refractivity contribution < 1.29 is 4.79 Å². The Labute approximate surface area is 87.3 Å². The first-order valence-electron chi connectivity index (χ1n) is 4.85. The summed E-state index contributed by atoms with van der Waals surface area (Å²) in [7, 11) is 0. The molecule has 0 spiro atoms. The van der Waals surface area contributed by atoms with E-state index in [2.05, 4.69) is 20.6 Å². The quantitative estimate of drug-likeness (QED) is 0.635. The van der Waals surface area contributed by atoms with E-state index >= 15 is 0 Å². The van der Waals surface area contributed by atoms with Crippen molar-refractivity contribution in [3.8, 4) is 0 Å². The van der Waals surface area contributed by atoms with Gasteiger partial charge in [0.15, 0.2) is 0 Å². The lowest BCUT2D eigenvalue weighted by atomic mass is 10.2. The highest BCUT2D eigenvalue weighted by Gasteiger charge is 2.20. The van der Waals surface area contributed by atoms with Gasteiger partial charge in [-0.05, 0) is 6.42 Å². The molecule has 1 unspecified atom stereocenters. The molecule has 0 radical (unpaired) electrons. The SMILES string of the molecule is Nc1cnc(NCC2CCC(=O)N2)cn1. The number of nitrogens with two attached hydrogens (primary N) is 1. The molecular weight excluding hydrogens is 194 g/mol. The molecule has 15 heavy (non-hydrogen) atoms. The van der Waals surface area contributed by atoms with E-state index in [1.54, 1.807) is 6.20 Å². The van der Waals surface area contributed by atoms with E-state index < -0.39 is 0 Å². The summed E-state index contributed by atoms with van der Waals surface area (Å²) in [6.45, 7) is 0.671. The average molecular weight is 207 g/mol. The number of aromatic nitrogens is 2. The normalized spacial score (nSPS) is 20.0. The Morgan fingerprint density at radius 3 is 3.00 bits per heavy atom. The first-order chi connectivity index (χ1) is 7.24. The minimum absolute atomic E-state index is 0.116. The van der Waals surface area contributed by atoms with Gasteiger partial charge in [-0.15, -0.1) is 0 Å². The minimum Gasteiger partial charge on any atom is -0.382 e. The van der Waals surface area contributed by atoms with Crippen LogP contribution in [0.3, 0.4) is 0 Å². The molecule has 1 fully saturated rings. The third-order valence-corrected chi connectivity index (χ3v) is 2.29. The Morgan fingerprint density at radius 2 is 2.40 bits per heavy atom. The van der Waals surface area contributed by atoms with Crippen molar-refractivity contribution in [1.82, 2.24) is 15.3 Å². The largest absolute Gasteiger partial charge is 0.382 e. The van der Waals surface area contributed by atoms with Crippen molar-refractivity contribution in [2.24, 2.45) is 0 Å². The third kappa shape index (κ3) is 2.55. The molecule has 0 aliphatic carbocycles.